The second-order valence-electron chi connectivity index (χ2n) is 6.93. The quantitative estimate of drug-likeness (QED) is 0.389. The molecule has 0 saturated heterocycles. The fourth-order valence-corrected chi connectivity index (χ4v) is 4.45. The van der Waals surface area contributed by atoms with Crippen LogP contribution in [0.1, 0.15) is 35.7 Å². The highest BCUT2D eigenvalue weighted by Crippen LogP contribution is 2.40. The molecule has 0 spiro atoms. The Bertz CT molecular complexity index is 1150. The van der Waals surface area contributed by atoms with E-state index in [-0.39, 0.29) is 23.0 Å². The van der Waals surface area contributed by atoms with Gasteiger partial charge in [0, 0.05) is 29.0 Å². The smallest absolute Gasteiger partial charge is 0.269 e. The number of ketones is 2. The molecule has 0 unspecified atom stereocenters. The maximum Gasteiger partial charge on any atom is 0.269 e. The minimum absolute atomic E-state index is 0.0372. The van der Waals surface area contributed by atoms with Crippen LogP contribution in [-0.4, -0.2) is 22.2 Å². The average molecular weight is 433 g/mol. The molecule has 0 aliphatic carbocycles. The summed E-state index contributed by atoms with van der Waals surface area (Å²) in [6.45, 7) is 3.25. The highest BCUT2D eigenvalue weighted by molar-refractivity contribution is 8.03. The number of nitriles is 1. The van der Waals surface area contributed by atoms with E-state index in [9.17, 15) is 25.0 Å². The van der Waals surface area contributed by atoms with Gasteiger partial charge in [-0.15, -0.1) is 0 Å². The molecule has 3 rings (SSSR count). The van der Waals surface area contributed by atoms with Gasteiger partial charge in [-0.1, -0.05) is 42.1 Å². The standard InChI is InChI=1S/C23H19N3O4S/c1-14-21(15(2)27)22(17-6-4-3-5-7-17)19(12-24)23(25-14)31-13-20(28)16-8-10-18(11-9-16)26(29)30/h3-11,22,25H,13H2,1-2H3/t22-/m0/s1. The summed E-state index contributed by atoms with van der Waals surface area (Å²) in [4.78, 5) is 35.2. The largest absolute Gasteiger partial charge is 0.353 e. The van der Waals surface area contributed by atoms with Crippen molar-refractivity contribution >= 4 is 29.0 Å². The van der Waals surface area contributed by atoms with Crippen LogP contribution in [0.5, 0.6) is 0 Å². The van der Waals surface area contributed by atoms with Gasteiger partial charge in [-0.05, 0) is 31.5 Å². The monoisotopic (exact) mass is 433 g/mol. The van der Waals surface area contributed by atoms with E-state index in [4.69, 9.17) is 0 Å². The highest BCUT2D eigenvalue weighted by Gasteiger charge is 2.33. The van der Waals surface area contributed by atoms with E-state index >= 15 is 0 Å². The third-order valence-electron chi connectivity index (χ3n) is 4.91. The van der Waals surface area contributed by atoms with Gasteiger partial charge in [0.2, 0.25) is 0 Å². The number of dihydropyridines is 1. The molecule has 1 atom stereocenters. The van der Waals surface area contributed by atoms with Gasteiger partial charge in [0.15, 0.2) is 11.6 Å². The Balaban J connectivity index is 1.89. The summed E-state index contributed by atoms with van der Waals surface area (Å²) in [5.41, 5.74) is 2.63. The van der Waals surface area contributed by atoms with Crippen molar-refractivity contribution in [3.05, 3.63) is 97.7 Å². The number of non-ortho nitro benzene ring substituents is 1. The van der Waals surface area contributed by atoms with E-state index in [0.29, 0.717) is 27.4 Å². The van der Waals surface area contributed by atoms with Crippen LogP contribution in [-0.2, 0) is 4.79 Å². The number of hydrogen-bond acceptors (Lipinski definition) is 7. The van der Waals surface area contributed by atoms with E-state index in [2.05, 4.69) is 11.4 Å². The van der Waals surface area contributed by atoms with Gasteiger partial charge in [-0.2, -0.15) is 5.26 Å². The fraction of sp³-hybridized carbons (Fsp3) is 0.174. The summed E-state index contributed by atoms with van der Waals surface area (Å²) in [6.07, 6.45) is 0. The molecule has 7 nitrogen and oxygen atoms in total. The molecule has 1 aliphatic heterocycles. The number of thioether (sulfide) groups is 1. The Labute approximate surface area is 183 Å². The Kier molecular flexibility index (Phi) is 6.68. The number of carbonyl (C=O) groups is 2. The summed E-state index contributed by atoms with van der Waals surface area (Å²) < 4.78 is 0. The third kappa shape index (κ3) is 4.73. The zero-order valence-electron chi connectivity index (χ0n) is 16.9. The molecule has 2 aromatic rings. The zero-order valence-corrected chi connectivity index (χ0v) is 17.7. The Morgan fingerprint density at radius 3 is 2.35 bits per heavy atom. The molecular weight excluding hydrogens is 414 g/mol. The Morgan fingerprint density at radius 1 is 1.16 bits per heavy atom. The molecule has 8 heteroatoms. The average Bonchev–Trinajstić information content (AvgIpc) is 2.77. The van der Waals surface area contributed by atoms with Crippen molar-refractivity contribution in [1.82, 2.24) is 5.32 Å². The topological polar surface area (TPSA) is 113 Å². The lowest BCUT2D eigenvalue weighted by atomic mass is 9.81. The molecule has 0 amide bonds. The van der Waals surface area contributed by atoms with Crippen molar-refractivity contribution in [2.75, 3.05) is 5.75 Å². The molecule has 1 N–H and O–H groups in total. The molecule has 1 aliphatic rings. The Morgan fingerprint density at radius 2 is 1.81 bits per heavy atom. The second-order valence-corrected chi connectivity index (χ2v) is 7.92. The lowest BCUT2D eigenvalue weighted by Crippen LogP contribution is -2.27. The first kappa shape index (κ1) is 22.0. The predicted octanol–water partition coefficient (Wildman–Crippen LogP) is 4.50. The van der Waals surface area contributed by atoms with Crippen LogP contribution in [0.4, 0.5) is 5.69 Å². The minimum Gasteiger partial charge on any atom is -0.353 e. The van der Waals surface area contributed by atoms with Crippen LogP contribution < -0.4 is 5.32 Å². The Hall–Kier alpha value is -3.70. The third-order valence-corrected chi connectivity index (χ3v) is 5.92. The van der Waals surface area contributed by atoms with E-state index in [1.807, 2.05) is 30.3 Å². The molecule has 0 radical (unpaired) electrons. The number of nitro benzene ring substituents is 1. The van der Waals surface area contributed by atoms with Crippen LogP contribution in [0.25, 0.3) is 0 Å². The van der Waals surface area contributed by atoms with Crippen LogP contribution >= 0.6 is 11.8 Å². The van der Waals surface area contributed by atoms with Gasteiger partial charge >= 0.3 is 0 Å². The van der Waals surface area contributed by atoms with Crippen LogP contribution in [0, 0.1) is 21.4 Å². The first-order valence-electron chi connectivity index (χ1n) is 9.42. The first-order chi connectivity index (χ1) is 14.8. The van der Waals surface area contributed by atoms with Gasteiger partial charge in [-0.25, -0.2) is 0 Å². The van der Waals surface area contributed by atoms with Gasteiger partial charge in [0.05, 0.1) is 33.3 Å². The molecule has 0 bridgehead atoms. The predicted molar refractivity (Wildman–Crippen MR) is 118 cm³/mol. The SMILES string of the molecule is CC(=O)C1=C(C)NC(SCC(=O)c2ccc([N+](=O)[O-])cc2)=C(C#N)[C@@H]1c1ccccc1. The summed E-state index contributed by atoms with van der Waals surface area (Å²) >= 11 is 1.18. The fourth-order valence-electron chi connectivity index (χ4n) is 3.46. The number of Topliss-reactive ketones (excluding diaryl/α,β-unsaturated/α-hetero) is 2. The van der Waals surface area contributed by atoms with Crippen molar-refractivity contribution in [2.24, 2.45) is 0 Å². The second kappa shape index (κ2) is 9.41. The first-order valence-corrected chi connectivity index (χ1v) is 10.4. The van der Waals surface area contributed by atoms with Crippen molar-refractivity contribution in [2.45, 2.75) is 19.8 Å². The van der Waals surface area contributed by atoms with Gasteiger partial charge in [0.1, 0.15) is 0 Å². The van der Waals surface area contributed by atoms with E-state index in [1.54, 1.807) is 6.92 Å². The molecule has 0 aromatic heterocycles. The van der Waals surface area contributed by atoms with Crippen LogP contribution in [0.3, 0.4) is 0 Å². The highest BCUT2D eigenvalue weighted by atomic mass is 32.2. The molecule has 1 heterocycles. The number of benzene rings is 2. The number of carbonyl (C=O) groups excluding carboxylic acids is 2. The van der Waals surface area contributed by atoms with E-state index in [1.165, 1.54) is 43.0 Å². The summed E-state index contributed by atoms with van der Waals surface area (Å²) in [5, 5.41) is 24.3. The van der Waals surface area contributed by atoms with Crippen molar-refractivity contribution < 1.29 is 14.5 Å². The number of hydrogen-bond donors (Lipinski definition) is 1. The molecule has 0 fully saturated rings. The molecule has 156 valence electrons. The van der Waals surface area contributed by atoms with Crippen molar-refractivity contribution in [3.8, 4) is 6.07 Å². The van der Waals surface area contributed by atoms with E-state index in [0.717, 1.165) is 5.56 Å². The summed E-state index contributed by atoms with van der Waals surface area (Å²) in [5.74, 6) is -0.823. The number of rotatable bonds is 7. The van der Waals surface area contributed by atoms with Gasteiger partial charge in [0.25, 0.3) is 5.69 Å². The van der Waals surface area contributed by atoms with Gasteiger partial charge in [-0.3, -0.25) is 19.7 Å². The maximum atomic E-state index is 12.6. The zero-order chi connectivity index (χ0) is 22.5. The number of nitrogens with one attached hydrogen (secondary N) is 1. The van der Waals surface area contributed by atoms with Gasteiger partial charge < -0.3 is 5.32 Å². The lowest BCUT2D eigenvalue weighted by molar-refractivity contribution is -0.384. The lowest BCUT2D eigenvalue weighted by Gasteiger charge is -2.29. The molecule has 2 aromatic carbocycles. The molecular formula is C23H19N3O4S. The number of nitro groups is 1. The van der Waals surface area contributed by atoms with Crippen LogP contribution in [0.15, 0.2) is 76.5 Å². The molecule has 0 saturated carbocycles. The number of nitrogens with zero attached hydrogens (tertiary/aromatic N) is 2. The summed E-state index contributed by atoms with van der Waals surface area (Å²) in [7, 11) is 0. The normalized spacial score (nSPS) is 15.8. The van der Waals surface area contributed by atoms with Crippen molar-refractivity contribution in [3.63, 3.8) is 0 Å². The maximum absolute atomic E-state index is 12.6. The summed E-state index contributed by atoms with van der Waals surface area (Å²) in [6, 6.07) is 16.9. The van der Waals surface area contributed by atoms with Crippen molar-refractivity contribution in [1.29, 1.82) is 5.26 Å². The van der Waals surface area contributed by atoms with Crippen LogP contribution in [0.2, 0.25) is 0 Å². The number of allylic oxidation sites excluding steroid dienone is 3. The minimum atomic E-state index is -0.523. The van der Waals surface area contributed by atoms with E-state index < -0.39 is 10.8 Å². The molecule has 31 heavy (non-hydrogen) atoms.